The molecule has 16 heavy (non-hydrogen) atoms. The normalized spacial score (nSPS) is 22.7. The molecule has 0 aromatic carbocycles. The van der Waals surface area contributed by atoms with Crippen molar-refractivity contribution < 1.29 is 4.74 Å². The van der Waals surface area contributed by atoms with Crippen molar-refractivity contribution in [1.82, 2.24) is 10.3 Å². The molecule has 2 unspecified atom stereocenters. The molecule has 90 valence electrons. The highest BCUT2D eigenvalue weighted by molar-refractivity contribution is 7.13. The minimum absolute atomic E-state index is 0.325. The molecule has 0 saturated carbocycles. The standard InChI is InChI=1S/C11H19N3OS/c1-8(12-2)10-7-16-11(13-10)14-5-4-9(6-14)15-3/h7-9,12H,4-6H2,1-3H3. The second kappa shape index (κ2) is 5.12. The molecule has 1 fully saturated rings. The van der Waals surface area contributed by atoms with E-state index in [1.54, 1.807) is 18.4 Å². The van der Waals surface area contributed by atoms with Crippen LogP contribution >= 0.6 is 11.3 Å². The lowest BCUT2D eigenvalue weighted by molar-refractivity contribution is 0.121. The van der Waals surface area contributed by atoms with Gasteiger partial charge in [-0.25, -0.2) is 4.98 Å². The molecule has 2 heterocycles. The molecule has 0 amide bonds. The van der Waals surface area contributed by atoms with Crippen LogP contribution in [-0.4, -0.2) is 38.3 Å². The van der Waals surface area contributed by atoms with Gasteiger partial charge in [-0.1, -0.05) is 0 Å². The van der Waals surface area contributed by atoms with Crippen LogP contribution in [0.25, 0.3) is 0 Å². The van der Waals surface area contributed by atoms with E-state index in [1.165, 1.54) is 0 Å². The van der Waals surface area contributed by atoms with Gasteiger partial charge < -0.3 is 15.0 Å². The Morgan fingerprint density at radius 3 is 3.12 bits per heavy atom. The van der Waals surface area contributed by atoms with E-state index in [0.29, 0.717) is 12.1 Å². The molecule has 2 atom stereocenters. The van der Waals surface area contributed by atoms with E-state index in [2.05, 4.69) is 27.5 Å². The summed E-state index contributed by atoms with van der Waals surface area (Å²) >= 11 is 1.72. The van der Waals surface area contributed by atoms with Gasteiger partial charge in [-0.2, -0.15) is 0 Å². The van der Waals surface area contributed by atoms with Crippen molar-refractivity contribution in [1.29, 1.82) is 0 Å². The number of ether oxygens (including phenoxy) is 1. The van der Waals surface area contributed by atoms with Crippen LogP contribution in [0.5, 0.6) is 0 Å². The number of nitrogens with zero attached hydrogens (tertiary/aromatic N) is 2. The molecule has 1 N–H and O–H groups in total. The maximum absolute atomic E-state index is 5.36. The zero-order chi connectivity index (χ0) is 11.5. The fourth-order valence-corrected chi connectivity index (χ4v) is 2.82. The molecule has 0 aliphatic carbocycles. The van der Waals surface area contributed by atoms with E-state index in [0.717, 1.165) is 30.3 Å². The van der Waals surface area contributed by atoms with Crippen molar-refractivity contribution in [2.75, 3.05) is 32.1 Å². The quantitative estimate of drug-likeness (QED) is 0.870. The fourth-order valence-electron chi connectivity index (χ4n) is 1.86. The summed E-state index contributed by atoms with van der Waals surface area (Å²) in [7, 11) is 3.74. The van der Waals surface area contributed by atoms with Gasteiger partial charge in [-0.05, 0) is 20.4 Å². The van der Waals surface area contributed by atoms with Crippen LogP contribution in [0.1, 0.15) is 25.1 Å². The lowest BCUT2D eigenvalue weighted by Crippen LogP contribution is -2.22. The lowest BCUT2D eigenvalue weighted by Gasteiger charge is -2.14. The van der Waals surface area contributed by atoms with Crippen molar-refractivity contribution in [2.24, 2.45) is 0 Å². The van der Waals surface area contributed by atoms with Crippen molar-refractivity contribution in [3.63, 3.8) is 0 Å². The van der Waals surface area contributed by atoms with Gasteiger partial charge in [0.05, 0.1) is 11.8 Å². The Morgan fingerprint density at radius 2 is 2.50 bits per heavy atom. The Morgan fingerprint density at radius 1 is 1.69 bits per heavy atom. The zero-order valence-corrected chi connectivity index (χ0v) is 10.9. The fraction of sp³-hybridized carbons (Fsp3) is 0.727. The molecule has 5 heteroatoms. The summed E-state index contributed by atoms with van der Waals surface area (Å²) in [6.07, 6.45) is 1.47. The van der Waals surface area contributed by atoms with Crippen LogP contribution in [0.2, 0.25) is 0 Å². The van der Waals surface area contributed by atoms with Crippen LogP contribution < -0.4 is 10.2 Å². The maximum atomic E-state index is 5.36. The molecule has 1 aliphatic heterocycles. The second-order valence-corrected chi connectivity index (χ2v) is 4.99. The van der Waals surface area contributed by atoms with Gasteiger partial charge in [-0.3, -0.25) is 0 Å². The molecule has 2 rings (SSSR count). The van der Waals surface area contributed by atoms with Crippen LogP contribution in [-0.2, 0) is 4.74 Å². The smallest absolute Gasteiger partial charge is 0.185 e. The van der Waals surface area contributed by atoms with Gasteiger partial charge >= 0.3 is 0 Å². The first-order valence-corrected chi connectivity index (χ1v) is 6.53. The number of rotatable bonds is 4. The number of anilines is 1. The number of nitrogens with one attached hydrogen (secondary N) is 1. The van der Waals surface area contributed by atoms with Crippen LogP contribution in [0, 0.1) is 0 Å². The van der Waals surface area contributed by atoms with E-state index < -0.39 is 0 Å². The Hall–Kier alpha value is -0.650. The van der Waals surface area contributed by atoms with E-state index >= 15 is 0 Å². The predicted octanol–water partition coefficient (Wildman–Crippen LogP) is 1.65. The van der Waals surface area contributed by atoms with Crippen molar-refractivity contribution in [2.45, 2.75) is 25.5 Å². The molecule has 1 aliphatic rings. The third kappa shape index (κ3) is 2.36. The topological polar surface area (TPSA) is 37.4 Å². The highest BCUT2D eigenvalue weighted by Crippen LogP contribution is 2.27. The molecule has 0 bridgehead atoms. The number of methoxy groups -OCH3 is 1. The van der Waals surface area contributed by atoms with Gasteiger partial charge in [0.1, 0.15) is 0 Å². The maximum Gasteiger partial charge on any atom is 0.185 e. The summed E-state index contributed by atoms with van der Waals surface area (Å²) in [6, 6.07) is 0.325. The average Bonchev–Trinajstić information content (AvgIpc) is 2.95. The molecule has 0 spiro atoms. The largest absolute Gasteiger partial charge is 0.380 e. The highest BCUT2D eigenvalue weighted by Gasteiger charge is 2.24. The van der Waals surface area contributed by atoms with E-state index in [4.69, 9.17) is 4.74 Å². The van der Waals surface area contributed by atoms with Crippen LogP contribution in [0.15, 0.2) is 5.38 Å². The summed E-state index contributed by atoms with van der Waals surface area (Å²) < 4.78 is 5.36. The molecule has 0 radical (unpaired) electrons. The van der Waals surface area contributed by atoms with Gasteiger partial charge in [0, 0.05) is 31.6 Å². The first-order valence-electron chi connectivity index (χ1n) is 5.65. The molecule has 4 nitrogen and oxygen atoms in total. The van der Waals surface area contributed by atoms with Crippen molar-refractivity contribution >= 4 is 16.5 Å². The number of hydrogen-bond donors (Lipinski definition) is 1. The summed E-state index contributed by atoms with van der Waals surface area (Å²) in [5.74, 6) is 0. The summed E-state index contributed by atoms with van der Waals surface area (Å²) in [5.41, 5.74) is 1.13. The van der Waals surface area contributed by atoms with Gasteiger partial charge in [-0.15, -0.1) is 11.3 Å². The van der Waals surface area contributed by atoms with Crippen LogP contribution in [0.3, 0.4) is 0 Å². The molecule has 1 saturated heterocycles. The summed E-state index contributed by atoms with van der Waals surface area (Å²) in [4.78, 5) is 6.97. The second-order valence-electron chi connectivity index (χ2n) is 4.16. The Balaban J connectivity index is 2.02. The zero-order valence-electron chi connectivity index (χ0n) is 10.1. The Kier molecular flexibility index (Phi) is 3.78. The van der Waals surface area contributed by atoms with Gasteiger partial charge in [0.2, 0.25) is 0 Å². The lowest BCUT2D eigenvalue weighted by atomic mass is 10.3. The highest BCUT2D eigenvalue weighted by atomic mass is 32.1. The van der Waals surface area contributed by atoms with Gasteiger partial charge in [0.25, 0.3) is 0 Å². The Bertz CT molecular complexity index is 342. The van der Waals surface area contributed by atoms with E-state index in [-0.39, 0.29) is 0 Å². The van der Waals surface area contributed by atoms with E-state index in [9.17, 15) is 0 Å². The van der Waals surface area contributed by atoms with Gasteiger partial charge in [0.15, 0.2) is 5.13 Å². The Labute approximate surface area is 101 Å². The first kappa shape index (κ1) is 11.8. The van der Waals surface area contributed by atoms with Crippen molar-refractivity contribution in [3.8, 4) is 0 Å². The molecular formula is C11H19N3OS. The summed E-state index contributed by atoms with van der Waals surface area (Å²) in [5, 5.41) is 6.46. The number of hydrogen-bond acceptors (Lipinski definition) is 5. The van der Waals surface area contributed by atoms with E-state index in [1.807, 2.05) is 7.05 Å². The molecular weight excluding hydrogens is 222 g/mol. The molecule has 1 aromatic rings. The summed E-state index contributed by atoms with van der Waals surface area (Å²) in [6.45, 7) is 4.15. The third-order valence-electron chi connectivity index (χ3n) is 3.14. The van der Waals surface area contributed by atoms with Crippen molar-refractivity contribution in [3.05, 3.63) is 11.1 Å². The first-order chi connectivity index (χ1) is 7.74. The number of aromatic nitrogens is 1. The minimum Gasteiger partial charge on any atom is -0.380 e. The average molecular weight is 241 g/mol. The third-order valence-corrected chi connectivity index (χ3v) is 4.06. The minimum atomic E-state index is 0.325. The SMILES string of the molecule is CNC(C)c1csc(N2CCC(OC)C2)n1. The predicted molar refractivity (Wildman–Crippen MR) is 67.2 cm³/mol. The monoisotopic (exact) mass is 241 g/mol. The molecule has 1 aromatic heterocycles. The number of thiazole rings is 1. The van der Waals surface area contributed by atoms with Crippen LogP contribution in [0.4, 0.5) is 5.13 Å².